The molecule has 0 saturated carbocycles. The van der Waals surface area contributed by atoms with Gasteiger partial charge < -0.3 is 15.0 Å². The molecule has 17 heavy (non-hydrogen) atoms. The molecular formula is C13H29N3O. The van der Waals surface area contributed by atoms with Gasteiger partial charge in [-0.25, -0.2) is 0 Å². The molecule has 1 rings (SSSR count). The van der Waals surface area contributed by atoms with Crippen LogP contribution in [0.25, 0.3) is 0 Å². The summed E-state index contributed by atoms with van der Waals surface area (Å²) in [6.07, 6.45) is 1.19. The molecule has 0 aromatic rings. The first-order valence-corrected chi connectivity index (χ1v) is 6.83. The lowest BCUT2D eigenvalue weighted by Gasteiger charge is -2.42. The minimum atomic E-state index is 0.509. The summed E-state index contributed by atoms with van der Waals surface area (Å²) in [5, 5.41) is 3.51. The summed E-state index contributed by atoms with van der Waals surface area (Å²) >= 11 is 0. The lowest BCUT2D eigenvalue weighted by molar-refractivity contribution is 0.0231. The number of hydrogen-bond acceptors (Lipinski definition) is 4. The molecule has 0 aliphatic carbocycles. The Morgan fingerprint density at radius 3 is 2.76 bits per heavy atom. The number of nitrogens with one attached hydrogen (secondary N) is 1. The molecule has 1 saturated heterocycles. The summed E-state index contributed by atoms with van der Waals surface area (Å²) < 4.78 is 5.37. The van der Waals surface area contributed by atoms with Crippen molar-refractivity contribution in [2.45, 2.75) is 32.4 Å². The van der Waals surface area contributed by atoms with E-state index in [9.17, 15) is 0 Å². The van der Waals surface area contributed by atoms with Crippen molar-refractivity contribution in [2.75, 3.05) is 53.5 Å². The van der Waals surface area contributed by atoms with Crippen molar-refractivity contribution in [1.82, 2.24) is 15.1 Å². The molecule has 4 nitrogen and oxygen atoms in total. The number of hydrogen-bond donors (Lipinski definition) is 1. The van der Waals surface area contributed by atoms with Gasteiger partial charge in [-0.3, -0.25) is 4.90 Å². The normalized spacial score (nSPS) is 25.1. The highest BCUT2D eigenvalue weighted by molar-refractivity contribution is 4.84. The lowest BCUT2D eigenvalue weighted by Crippen LogP contribution is -2.57. The molecule has 1 heterocycles. The van der Waals surface area contributed by atoms with Crippen LogP contribution in [-0.2, 0) is 4.74 Å². The van der Waals surface area contributed by atoms with Gasteiger partial charge in [0.25, 0.3) is 0 Å². The van der Waals surface area contributed by atoms with Crippen molar-refractivity contribution >= 4 is 0 Å². The fraction of sp³-hybridized carbons (Fsp3) is 1.00. The Hall–Kier alpha value is -0.160. The largest absolute Gasteiger partial charge is 0.383 e. The van der Waals surface area contributed by atoms with Gasteiger partial charge in [0.2, 0.25) is 0 Å². The van der Waals surface area contributed by atoms with Gasteiger partial charge in [-0.05, 0) is 26.9 Å². The zero-order valence-electron chi connectivity index (χ0n) is 11.9. The number of nitrogens with zero attached hydrogens (tertiary/aromatic N) is 2. The molecule has 1 aliphatic heterocycles. The first-order chi connectivity index (χ1) is 8.19. The molecule has 0 aromatic carbocycles. The van der Waals surface area contributed by atoms with Gasteiger partial charge in [0.05, 0.1) is 6.61 Å². The second-order valence-corrected chi connectivity index (χ2v) is 5.16. The third-order valence-corrected chi connectivity index (χ3v) is 3.52. The molecule has 1 fully saturated rings. The molecule has 2 unspecified atom stereocenters. The highest BCUT2D eigenvalue weighted by Crippen LogP contribution is 2.12. The number of rotatable bonds is 7. The molecule has 1 N–H and O–H groups in total. The average molecular weight is 243 g/mol. The van der Waals surface area contributed by atoms with Crippen LogP contribution in [0.1, 0.15) is 20.3 Å². The van der Waals surface area contributed by atoms with Crippen molar-refractivity contribution in [3.05, 3.63) is 0 Å². The molecule has 1 aliphatic rings. The number of methoxy groups -OCH3 is 1. The molecule has 0 radical (unpaired) electrons. The Balaban J connectivity index is 2.44. The number of piperazine rings is 1. The standard InChI is InChI=1S/C13H29N3O/c1-5-6-14-9-13(11-17-4)16-8-7-15(3)10-12(16)2/h12-14H,5-11H2,1-4H3. The van der Waals surface area contributed by atoms with Gasteiger partial charge in [0.15, 0.2) is 0 Å². The second kappa shape index (κ2) is 8.03. The van der Waals surface area contributed by atoms with E-state index < -0.39 is 0 Å². The fourth-order valence-electron chi connectivity index (χ4n) is 2.61. The predicted octanol–water partition coefficient (Wildman–Crippen LogP) is 0.637. The van der Waals surface area contributed by atoms with E-state index >= 15 is 0 Å². The van der Waals surface area contributed by atoms with Gasteiger partial charge in [-0.15, -0.1) is 0 Å². The van der Waals surface area contributed by atoms with Crippen LogP contribution in [0.4, 0.5) is 0 Å². The van der Waals surface area contributed by atoms with E-state index in [-0.39, 0.29) is 0 Å². The average Bonchev–Trinajstić information content (AvgIpc) is 2.28. The van der Waals surface area contributed by atoms with Crippen LogP contribution in [0.5, 0.6) is 0 Å². The van der Waals surface area contributed by atoms with E-state index in [2.05, 4.69) is 36.0 Å². The summed E-state index contributed by atoms with van der Waals surface area (Å²) in [4.78, 5) is 5.00. The maximum atomic E-state index is 5.37. The van der Waals surface area contributed by atoms with Gasteiger partial charge in [-0.1, -0.05) is 6.92 Å². The smallest absolute Gasteiger partial charge is 0.0630 e. The molecular weight excluding hydrogens is 214 g/mol. The molecule has 0 amide bonds. The number of likely N-dealkylation sites (N-methyl/N-ethyl adjacent to an activating group) is 1. The summed E-state index contributed by atoms with van der Waals surface area (Å²) in [7, 11) is 4.00. The zero-order valence-corrected chi connectivity index (χ0v) is 11.9. The quantitative estimate of drug-likeness (QED) is 0.664. The minimum absolute atomic E-state index is 0.509. The van der Waals surface area contributed by atoms with Crippen LogP contribution < -0.4 is 5.32 Å². The van der Waals surface area contributed by atoms with Gasteiger partial charge in [0, 0.05) is 45.4 Å². The summed E-state index contributed by atoms with van der Waals surface area (Å²) in [5.74, 6) is 0. The van der Waals surface area contributed by atoms with Crippen molar-refractivity contribution < 1.29 is 4.74 Å². The third kappa shape index (κ3) is 4.92. The van der Waals surface area contributed by atoms with Gasteiger partial charge in [-0.2, -0.15) is 0 Å². The van der Waals surface area contributed by atoms with Crippen molar-refractivity contribution in [3.63, 3.8) is 0 Å². The summed E-state index contributed by atoms with van der Waals surface area (Å²) in [6, 6.07) is 1.13. The highest BCUT2D eigenvalue weighted by atomic mass is 16.5. The third-order valence-electron chi connectivity index (χ3n) is 3.52. The maximum absolute atomic E-state index is 5.37. The van der Waals surface area contributed by atoms with Crippen LogP contribution in [0, 0.1) is 0 Å². The van der Waals surface area contributed by atoms with E-state index in [1.165, 1.54) is 13.0 Å². The molecule has 4 heteroatoms. The molecule has 0 spiro atoms. The Morgan fingerprint density at radius 2 is 2.18 bits per heavy atom. The van der Waals surface area contributed by atoms with E-state index in [1.54, 1.807) is 7.11 Å². The van der Waals surface area contributed by atoms with Crippen LogP contribution >= 0.6 is 0 Å². The van der Waals surface area contributed by atoms with Crippen LogP contribution in [0.15, 0.2) is 0 Å². The summed E-state index contributed by atoms with van der Waals surface area (Å²) in [5.41, 5.74) is 0. The van der Waals surface area contributed by atoms with Crippen LogP contribution in [0.3, 0.4) is 0 Å². The van der Waals surface area contributed by atoms with Crippen molar-refractivity contribution in [1.29, 1.82) is 0 Å². The van der Waals surface area contributed by atoms with Gasteiger partial charge >= 0.3 is 0 Å². The fourth-order valence-corrected chi connectivity index (χ4v) is 2.61. The van der Waals surface area contributed by atoms with Crippen molar-refractivity contribution in [3.8, 4) is 0 Å². The Morgan fingerprint density at radius 1 is 1.41 bits per heavy atom. The first kappa shape index (κ1) is 14.9. The highest BCUT2D eigenvalue weighted by Gasteiger charge is 2.27. The monoisotopic (exact) mass is 243 g/mol. The lowest BCUT2D eigenvalue weighted by atomic mass is 10.1. The summed E-state index contributed by atoms with van der Waals surface area (Å²) in [6.45, 7) is 11.0. The maximum Gasteiger partial charge on any atom is 0.0630 e. The minimum Gasteiger partial charge on any atom is -0.383 e. The number of ether oxygens (including phenoxy) is 1. The SMILES string of the molecule is CCCNCC(COC)N1CCN(C)CC1C. The van der Waals surface area contributed by atoms with Crippen LogP contribution in [-0.4, -0.2) is 75.4 Å². The Labute approximate surface area is 106 Å². The second-order valence-electron chi connectivity index (χ2n) is 5.16. The molecule has 102 valence electrons. The molecule has 0 bridgehead atoms. The predicted molar refractivity (Wildman–Crippen MR) is 72.5 cm³/mol. The first-order valence-electron chi connectivity index (χ1n) is 6.83. The Bertz CT molecular complexity index is 201. The van der Waals surface area contributed by atoms with E-state index in [0.29, 0.717) is 12.1 Å². The van der Waals surface area contributed by atoms with Crippen LogP contribution in [0.2, 0.25) is 0 Å². The molecule has 0 aromatic heterocycles. The van der Waals surface area contributed by atoms with Crippen molar-refractivity contribution in [2.24, 2.45) is 0 Å². The van der Waals surface area contributed by atoms with E-state index in [0.717, 1.165) is 32.8 Å². The topological polar surface area (TPSA) is 27.7 Å². The van der Waals surface area contributed by atoms with E-state index in [1.807, 2.05) is 0 Å². The Kier molecular flexibility index (Phi) is 7.04. The zero-order chi connectivity index (χ0) is 12.7. The molecule has 2 atom stereocenters. The van der Waals surface area contributed by atoms with Gasteiger partial charge in [0.1, 0.15) is 0 Å². The van der Waals surface area contributed by atoms with E-state index in [4.69, 9.17) is 4.74 Å².